The molecule has 2 heterocycles. The van der Waals surface area contributed by atoms with Crippen LogP contribution in [0.5, 0.6) is 0 Å². The molecular formula is C15H13N3O. The molecule has 94 valence electrons. The van der Waals surface area contributed by atoms with Crippen LogP contribution < -0.4 is 0 Å². The summed E-state index contributed by atoms with van der Waals surface area (Å²) in [6.07, 6.45) is 11.1. The summed E-state index contributed by atoms with van der Waals surface area (Å²) < 4.78 is 1.87. The zero-order chi connectivity index (χ0) is 13.8. The molecule has 0 radical (unpaired) electrons. The van der Waals surface area contributed by atoms with Crippen molar-refractivity contribution in [3.05, 3.63) is 35.7 Å². The van der Waals surface area contributed by atoms with Crippen LogP contribution in [0.3, 0.4) is 0 Å². The molecule has 0 spiro atoms. The minimum atomic E-state index is 0.636. The van der Waals surface area contributed by atoms with E-state index >= 15 is 0 Å². The van der Waals surface area contributed by atoms with Gasteiger partial charge in [-0.1, -0.05) is 12.5 Å². The van der Waals surface area contributed by atoms with Gasteiger partial charge in [-0.15, -0.1) is 0 Å². The molecule has 0 aliphatic heterocycles. The summed E-state index contributed by atoms with van der Waals surface area (Å²) in [5.41, 5.74) is 2.96. The van der Waals surface area contributed by atoms with Crippen LogP contribution in [-0.2, 0) is 0 Å². The number of terminal acetylenes is 1. The van der Waals surface area contributed by atoms with Gasteiger partial charge in [-0.3, -0.25) is 9.36 Å². The van der Waals surface area contributed by atoms with Gasteiger partial charge in [-0.05, 0) is 26.0 Å². The highest BCUT2D eigenvalue weighted by molar-refractivity contribution is 6.08. The molecule has 0 saturated heterocycles. The molecule has 19 heavy (non-hydrogen) atoms. The molecule has 0 aromatic carbocycles. The predicted molar refractivity (Wildman–Crippen MR) is 77.1 cm³/mol. The Morgan fingerprint density at radius 3 is 3.00 bits per heavy atom. The maximum absolute atomic E-state index is 11.3. The Morgan fingerprint density at radius 1 is 1.58 bits per heavy atom. The maximum Gasteiger partial charge on any atom is 0.152 e. The summed E-state index contributed by atoms with van der Waals surface area (Å²) in [4.78, 5) is 19.4. The van der Waals surface area contributed by atoms with Gasteiger partial charge in [0.1, 0.15) is 5.65 Å². The Hall–Kier alpha value is -2.67. The Bertz CT molecular complexity index is 730. The van der Waals surface area contributed by atoms with Crippen LogP contribution in [0.15, 0.2) is 29.4 Å². The number of hydrogen-bond donors (Lipinski definition) is 0. The minimum Gasteiger partial charge on any atom is -0.298 e. The number of pyridine rings is 1. The zero-order valence-corrected chi connectivity index (χ0v) is 10.8. The fourth-order valence-corrected chi connectivity index (χ4v) is 2.09. The van der Waals surface area contributed by atoms with E-state index in [1.807, 2.05) is 36.6 Å². The number of hydrogen-bond acceptors (Lipinski definition) is 3. The van der Waals surface area contributed by atoms with Gasteiger partial charge in [0.25, 0.3) is 0 Å². The molecule has 0 aliphatic rings. The van der Waals surface area contributed by atoms with Crippen molar-refractivity contribution in [2.45, 2.75) is 13.8 Å². The van der Waals surface area contributed by atoms with E-state index in [-0.39, 0.29) is 0 Å². The molecule has 2 rings (SSSR count). The van der Waals surface area contributed by atoms with Gasteiger partial charge in [0, 0.05) is 28.9 Å². The van der Waals surface area contributed by atoms with Gasteiger partial charge >= 0.3 is 0 Å². The van der Waals surface area contributed by atoms with Crippen LogP contribution in [0.4, 0.5) is 0 Å². The van der Waals surface area contributed by atoms with Gasteiger partial charge in [-0.2, -0.15) is 0 Å². The smallest absolute Gasteiger partial charge is 0.152 e. The molecule has 0 amide bonds. The molecule has 4 heteroatoms. The highest BCUT2D eigenvalue weighted by Gasteiger charge is 2.15. The Labute approximate surface area is 111 Å². The Morgan fingerprint density at radius 2 is 2.37 bits per heavy atom. The number of allylic oxidation sites excluding steroid dienone is 2. The number of fused-ring (bicyclic) bond motifs is 1. The summed E-state index contributed by atoms with van der Waals surface area (Å²) in [6, 6.07) is 5.90. The van der Waals surface area contributed by atoms with Crippen LogP contribution >= 0.6 is 0 Å². The number of aliphatic imine (C=N–C) groups is 1. The van der Waals surface area contributed by atoms with E-state index < -0.39 is 0 Å². The zero-order valence-electron chi connectivity index (χ0n) is 10.8. The number of aromatic nitrogens is 2. The van der Waals surface area contributed by atoms with Crippen LogP contribution in [0.2, 0.25) is 0 Å². The lowest BCUT2D eigenvalue weighted by molar-refractivity contribution is 0.112. The Balaban J connectivity index is 2.80. The van der Waals surface area contributed by atoms with Crippen molar-refractivity contribution in [1.29, 1.82) is 0 Å². The normalized spacial score (nSPS) is 11.9. The van der Waals surface area contributed by atoms with Crippen molar-refractivity contribution < 1.29 is 4.79 Å². The van der Waals surface area contributed by atoms with Crippen LogP contribution in [0, 0.1) is 19.4 Å². The van der Waals surface area contributed by atoms with Crippen molar-refractivity contribution in [1.82, 2.24) is 9.55 Å². The number of aldehydes is 1. The van der Waals surface area contributed by atoms with E-state index in [1.54, 1.807) is 12.4 Å². The van der Waals surface area contributed by atoms with Gasteiger partial charge in [0.2, 0.25) is 0 Å². The largest absolute Gasteiger partial charge is 0.298 e. The molecule has 0 fully saturated rings. The fourth-order valence-electron chi connectivity index (χ4n) is 2.09. The van der Waals surface area contributed by atoms with Gasteiger partial charge in [0.05, 0.1) is 11.9 Å². The molecule has 0 unspecified atom stereocenters. The van der Waals surface area contributed by atoms with E-state index in [2.05, 4.69) is 16.0 Å². The molecule has 0 bridgehead atoms. The van der Waals surface area contributed by atoms with Crippen LogP contribution in [0.1, 0.15) is 23.0 Å². The fraction of sp³-hybridized carbons (Fsp3) is 0.133. The van der Waals surface area contributed by atoms with E-state index in [0.29, 0.717) is 5.56 Å². The minimum absolute atomic E-state index is 0.636. The van der Waals surface area contributed by atoms with E-state index in [9.17, 15) is 4.79 Å². The lowest BCUT2D eigenvalue weighted by Crippen LogP contribution is -2.02. The third kappa shape index (κ3) is 2.06. The quantitative estimate of drug-likeness (QED) is 0.478. The monoisotopic (exact) mass is 251 g/mol. The Kier molecular flexibility index (Phi) is 3.58. The highest BCUT2D eigenvalue weighted by atomic mass is 16.1. The molecule has 0 N–H and O–H groups in total. The van der Waals surface area contributed by atoms with Crippen molar-refractivity contribution in [2.24, 2.45) is 4.99 Å². The maximum atomic E-state index is 11.3. The van der Waals surface area contributed by atoms with Crippen LogP contribution in [0.25, 0.3) is 16.7 Å². The molecule has 4 nitrogen and oxygen atoms in total. The highest BCUT2D eigenvalue weighted by Crippen LogP contribution is 2.25. The summed E-state index contributed by atoms with van der Waals surface area (Å²) in [6.45, 7) is 3.76. The molecule has 2 aromatic heterocycles. The SMILES string of the molecule is C#CN=C/C(=C\C)n1c(C)c(C=O)c2cccnc21. The number of nitrogens with zero attached hydrogens (tertiary/aromatic N) is 3. The standard InChI is InChI=1S/C15H13N3O/c1-4-12(9-16-5-2)18-11(3)14(10-19)13-7-6-8-17-15(13)18/h2,4,6-10H,1,3H3/b12-4+,16-9?. The first kappa shape index (κ1) is 12.8. The molecule has 0 saturated carbocycles. The first-order valence-electron chi connectivity index (χ1n) is 5.81. The summed E-state index contributed by atoms with van der Waals surface area (Å²) in [5.74, 6) is 0. The average molecular weight is 251 g/mol. The molecule has 2 aromatic rings. The average Bonchev–Trinajstić information content (AvgIpc) is 2.72. The second-order valence-electron chi connectivity index (χ2n) is 3.93. The van der Waals surface area contributed by atoms with Crippen molar-refractivity contribution in [3.63, 3.8) is 0 Å². The number of rotatable bonds is 3. The summed E-state index contributed by atoms with van der Waals surface area (Å²) in [5, 5.41) is 0.823. The third-order valence-corrected chi connectivity index (χ3v) is 2.96. The van der Waals surface area contributed by atoms with Gasteiger partial charge in [-0.25, -0.2) is 9.98 Å². The second kappa shape index (κ2) is 5.32. The van der Waals surface area contributed by atoms with Gasteiger partial charge < -0.3 is 0 Å². The van der Waals surface area contributed by atoms with Crippen molar-refractivity contribution >= 4 is 29.2 Å². The topological polar surface area (TPSA) is 47.2 Å². The first-order valence-corrected chi connectivity index (χ1v) is 5.81. The number of carbonyl (C=O) groups is 1. The van der Waals surface area contributed by atoms with E-state index in [0.717, 1.165) is 28.7 Å². The summed E-state index contributed by atoms with van der Waals surface area (Å²) >= 11 is 0. The first-order chi connectivity index (χ1) is 9.24. The molecule has 0 aliphatic carbocycles. The van der Waals surface area contributed by atoms with Crippen LogP contribution in [-0.4, -0.2) is 22.1 Å². The van der Waals surface area contributed by atoms with Crippen molar-refractivity contribution in [2.75, 3.05) is 0 Å². The summed E-state index contributed by atoms with van der Waals surface area (Å²) in [7, 11) is 0. The third-order valence-electron chi connectivity index (χ3n) is 2.96. The lowest BCUT2D eigenvalue weighted by atomic mass is 10.2. The lowest BCUT2D eigenvalue weighted by Gasteiger charge is -2.07. The second-order valence-corrected chi connectivity index (χ2v) is 3.93. The van der Waals surface area contributed by atoms with E-state index in [1.165, 1.54) is 0 Å². The van der Waals surface area contributed by atoms with Crippen molar-refractivity contribution in [3.8, 4) is 12.5 Å². The molecule has 0 atom stereocenters. The van der Waals surface area contributed by atoms with Gasteiger partial charge in [0.15, 0.2) is 6.29 Å². The predicted octanol–water partition coefficient (Wildman–Crippen LogP) is 2.68. The number of carbonyl (C=O) groups excluding carboxylic acids is 1. The molecular weight excluding hydrogens is 238 g/mol. The van der Waals surface area contributed by atoms with E-state index in [4.69, 9.17) is 6.42 Å².